The van der Waals surface area contributed by atoms with Gasteiger partial charge in [-0.15, -0.1) is 0 Å². The van der Waals surface area contributed by atoms with Crippen molar-refractivity contribution in [3.05, 3.63) is 16.7 Å². The average Bonchev–Trinajstić information content (AvgIpc) is 2.46. The summed E-state index contributed by atoms with van der Waals surface area (Å²) in [5.41, 5.74) is 1.44. The molecule has 52 valence electrons. The molecule has 2 aliphatic rings. The molecule has 1 aromatic rings. The molecule has 3 heteroatoms. The van der Waals surface area contributed by atoms with Gasteiger partial charge in [-0.2, -0.15) is 0 Å². The lowest BCUT2D eigenvalue weighted by atomic mass is 10.3. The van der Waals surface area contributed by atoms with Crippen molar-refractivity contribution >= 4 is 12.2 Å². The van der Waals surface area contributed by atoms with Gasteiger partial charge in [0.2, 0.25) is 0 Å². The number of hydrogen-bond acceptors (Lipinski definition) is 1. The molecule has 0 spiro atoms. The molecule has 1 saturated carbocycles. The van der Waals surface area contributed by atoms with Crippen molar-refractivity contribution in [2.24, 2.45) is 5.92 Å². The van der Waals surface area contributed by atoms with E-state index < -0.39 is 0 Å². The largest absolute Gasteiger partial charge is 0.337 e. The monoisotopic (exact) mass is 152 g/mol. The molecule has 0 bridgehead atoms. The second-order valence-electron chi connectivity index (χ2n) is 3.23. The minimum absolute atomic E-state index is 0.855. The van der Waals surface area contributed by atoms with Crippen LogP contribution in [0.5, 0.6) is 0 Å². The fourth-order valence-electron chi connectivity index (χ4n) is 1.95. The average molecular weight is 152 g/mol. The molecule has 10 heavy (non-hydrogen) atoms. The fourth-order valence-corrected chi connectivity index (χ4v) is 2.19. The minimum atomic E-state index is 0.855. The topological polar surface area (TPSA) is 20.7 Å². The second kappa shape index (κ2) is 1.37. The molecule has 1 aromatic heterocycles. The smallest absolute Gasteiger partial charge is 0.177 e. The summed E-state index contributed by atoms with van der Waals surface area (Å²) in [5, 5.41) is 0. The predicted molar refractivity (Wildman–Crippen MR) is 40.5 cm³/mol. The maximum Gasteiger partial charge on any atom is 0.177 e. The number of hydrogen-bond donors (Lipinski definition) is 1. The highest BCUT2D eigenvalue weighted by atomic mass is 32.1. The van der Waals surface area contributed by atoms with E-state index in [9.17, 15) is 0 Å². The van der Waals surface area contributed by atoms with Crippen molar-refractivity contribution in [3.63, 3.8) is 0 Å². The molecule has 1 N–H and O–H groups in total. The Hall–Kier alpha value is -0.570. The number of aromatic nitrogens is 2. The van der Waals surface area contributed by atoms with E-state index >= 15 is 0 Å². The summed E-state index contributed by atoms with van der Waals surface area (Å²) in [5.74, 6) is 1.79. The zero-order valence-corrected chi connectivity index (χ0v) is 6.32. The van der Waals surface area contributed by atoms with Gasteiger partial charge in [0.05, 0.1) is 0 Å². The molecule has 2 heterocycles. The van der Waals surface area contributed by atoms with Crippen LogP contribution in [0, 0.1) is 10.7 Å². The summed E-state index contributed by atoms with van der Waals surface area (Å²) in [6.45, 7) is 1.17. The van der Waals surface area contributed by atoms with Crippen LogP contribution in [0.1, 0.15) is 18.0 Å². The van der Waals surface area contributed by atoms with E-state index in [4.69, 9.17) is 12.2 Å². The third kappa shape index (κ3) is 0.440. The zero-order valence-electron chi connectivity index (χ0n) is 5.50. The van der Waals surface area contributed by atoms with Crippen molar-refractivity contribution in [2.75, 3.05) is 0 Å². The summed E-state index contributed by atoms with van der Waals surface area (Å²) in [7, 11) is 0. The Bertz CT molecular complexity index is 336. The van der Waals surface area contributed by atoms with Gasteiger partial charge in [0.1, 0.15) is 0 Å². The van der Waals surface area contributed by atoms with E-state index in [0.29, 0.717) is 0 Å². The van der Waals surface area contributed by atoms with Crippen LogP contribution in [0.4, 0.5) is 0 Å². The predicted octanol–water partition coefficient (Wildman–Crippen LogP) is 1.66. The number of fused-ring (bicyclic) bond motifs is 3. The first kappa shape index (κ1) is 5.13. The van der Waals surface area contributed by atoms with Crippen LogP contribution in [-0.2, 0) is 6.54 Å². The Morgan fingerprint density at radius 3 is 3.40 bits per heavy atom. The summed E-state index contributed by atoms with van der Waals surface area (Å²) >= 11 is 5.09. The van der Waals surface area contributed by atoms with Gasteiger partial charge in [-0.1, -0.05) is 0 Å². The van der Waals surface area contributed by atoms with Gasteiger partial charge < -0.3 is 9.55 Å². The number of rotatable bonds is 0. The summed E-state index contributed by atoms with van der Waals surface area (Å²) < 4.78 is 3.14. The number of H-pyrrole nitrogens is 1. The first-order valence-electron chi connectivity index (χ1n) is 3.64. The highest BCUT2D eigenvalue weighted by molar-refractivity contribution is 7.71. The Balaban J connectivity index is 2.33. The van der Waals surface area contributed by atoms with Crippen LogP contribution in [0.15, 0.2) is 6.20 Å². The van der Waals surface area contributed by atoms with E-state index in [1.54, 1.807) is 0 Å². The van der Waals surface area contributed by atoms with Gasteiger partial charge in [-0.25, -0.2) is 0 Å². The lowest BCUT2D eigenvalue weighted by molar-refractivity contribution is 0.659. The zero-order chi connectivity index (χ0) is 6.72. The molecule has 3 rings (SSSR count). The third-order valence-corrected chi connectivity index (χ3v) is 2.96. The van der Waals surface area contributed by atoms with E-state index in [2.05, 4.69) is 15.7 Å². The number of aromatic amines is 1. The lowest BCUT2D eigenvalue weighted by Crippen LogP contribution is -1.95. The number of nitrogens with one attached hydrogen (secondary N) is 1. The maximum absolute atomic E-state index is 5.09. The summed E-state index contributed by atoms with van der Waals surface area (Å²) in [4.78, 5) is 3.07. The van der Waals surface area contributed by atoms with E-state index in [1.807, 2.05) is 0 Å². The van der Waals surface area contributed by atoms with Crippen LogP contribution in [-0.4, -0.2) is 9.55 Å². The highest BCUT2D eigenvalue weighted by Gasteiger charge is 2.45. The lowest BCUT2D eigenvalue weighted by Gasteiger charge is -1.96. The maximum atomic E-state index is 5.09. The van der Waals surface area contributed by atoms with Crippen molar-refractivity contribution in [1.29, 1.82) is 0 Å². The molecule has 1 aliphatic heterocycles. The molecule has 0 amide bonds. The molecule has 1 fully saturated rings. The summed E-state index contributed by atoms with van der Waals surface area (Å²) in [6, 6.07) is 0. The first-order chi connectivity index (χ1) is 4.86. The minimum Gasteiger partial charge on any atom is -0.337 e. The fraction of sp³-hybridized carbons (Fsp3) is 0.571. The van der Waals surface area contributed by atoms with Crippen LogP contribution >= 0.6 is 12.2 Å². The molecule has 0 aromatic carbocycles. The first-order valence-corrected chi connectivity index (χ1v) is 4.05. The molecule has 0 saturated heterocycles. The van der Waals surface area contributed by atoms with Crippen molar-refractivity contribution in [3.8, 4) is 0 Å². The van der Waals surface area contributed by atoms with Gasteiger partial charge in [0.15, 0.2) is 4.77 Å². The Labute approximate surface area is 63.9 Å². The molecule has 2 nitrogen and oxygen atoms in total. The van der Waals surface area contributed by atoms with Crippen LogP contribution in [0.2, 0.25) is 0 Å². The number of nitrogens with zero attached hydrogens (tertiary/aromatic N) is 1. The molecule has 0 radical (unpaired) electrons. The number of imidazole rings is 1. The summed E-state index contributed by atoms with van der Waals surface area (Å²) in [6.07, 6.45) is 3.46. The van der Waals surface area contributed by atoms with Gasteiger partial charge in [-0.3, -0.25) is 0 Å². The quantitative estimate of drug-likeness (QED) is 0.561. The Morgan fingerprint density at radius 2 is 2.60 bits per heavy atom. The highest BCUT2D eigenvalue weighted by Crippen LogP contribution is 2.53. The third-order valence-electron chi connectivity index (χ3n) is 2.62. The van der Waals surface area contributed by atoms with Crippen molar-refractivity contribution < 1.29 is 0 Å². The van der Waals surface area contributed by atoms with Crippen LogP contribution in [0.3, 0.4) is 0 Å². The van der Waals surface area contributed by atoms with Gasteiger partial charge in [0.25, 0.3) is 0 Å². The normalized spacial score (nSPS) is 33.6. The second-order valence-corrected chi connectivity index (χ2v) is 3.62. The molecular formula is C7H8N2S. The van der Waals surface area contributed by atoms with Crippen molar-refractivity contribution in [2.45, 2.75) is 18.9 Å². The van der Waals surface area contributed by atoms with Crippen molar-refractivity contribution in [1.82, 2.24) is 9.55 Å². The molecule has 2 unspecified atom stereocenters. The van der Waals surface area contributed by atoms with Gasteiger partial charge in [-0.05, 0) is 24.6 Å². The molecular weight excluding hydrogens is 144 g/mol. The molecule has 2 atom stereocenters. The Morgan fingerprint density at radius 1 is 1.70 bits per heavy atom. The van der Waals surface area contributed by atoms with E-state index in [1.165, 1.54) is 18.7 Å². The SMILES string of the molecule is S=c1[nH]cc2n1CC1CC21. The Kier molecular flexibility index (Phi) is 0.703. The standard InChI is InChI=1S/C7H8N2S/c10-7-8-2-6-5-1-4(5)3-9(6)7/h2,4-5H,1,3H2,(H,8,10). The van der Waals surface area contributed by atoms with Crippen LogP contribution in [0.25, 0.3) is 0 Å². The van der Waals surface area contributed by atoms with E-state index in [0.717, 1.165) is 16.6 Å². The molecule has 1 aliphatic carbocycles. The van der Waals surface area contributed by atoms with E-state index in [-0.39, 0.29) is 0 Å². The van der Waals surface area contributed by atoms with Crippen LogP contribution < -0.4 is 0 Å². The van der Waals surface area contributed by atoms with Gasteiger partial charge in [0, 0.05) is 24.4 Å². The van der Waals surface area contributed by atoms with Gasteiger partial charge >= 0.3 is 0 Å².